The first-order chi connectivity index (χ1) is 9.79. The van der Waals surface area contributed by atoms with Gasteiger partial charge in [0.2, 0.25) is 0 Å². The minimum atomic E-state index is 0.103. The van der Waals surface area contributed by atoms with Gasteiger partial charge in [-0.1, -0.05) is 25.0 Å². The van der Waals surface area contributed by atoms with E-state index in [2.05, 4.69) is 5.32 Å². The molecule has 1 amide bonds. The number of amides is 1. The normalized spacial score (nSPS) is 15.8. The van der Waals surface area contributed by atoms with Crippen molar-refractivity contribution in [2.75, 3.05) is 26.7 Å². The molecule has 2 rings (SSSR count). The molecule has 0 atom stereocenters. The van der Waals surface area contributed by atoms with E-state index in [-0.39, 0.29) is 12.5 Å². The Morgan fingerprint density at radius 3 is 2.70 bits per heavy atom. The standard InChI is InChI=1S/C16H24N2O2/c1-17-12-14-7-6-8-15(11-14)20-13-16(19)18-9-4-2-3-5-10-18/h6-8,11,17H,2-5,9-10,12-13H2,1H3. The first-order valence-corrected chi connectivity index (χ1v) is 7.44. The van der Waals surface area contributed by atoms with Gasteiger partial charge in [-0.25, -0.2) is 0 Å². The fraction of sp³-hybridized carbons (Fsp3) is 0.562. The minimum Gasteiger partial charge on any atom is -0.484 e. The van der Waals surface area contributed by atoms with Crippen LogP contribution in [0.15, 0.2) is 24.3 Å². The summed E-state index contributed by atoms with van der Waals surface area (Å²) in [5.41, 5.74) is 1.16. The van der Waals surface area contributed by atoms with E-state index in [0.717, 1.165) is 43.8 Å². The van der Waals surface area contributed by atoms with E-state index < -0.39 is 0 Å². The van der Waals surface area contributed by atoms with Crippen molar-refractivity contribution in [2.45, 2.75) is 32.2 Å². The van der Waals surface area contributed by atoms with Crippen LogP contribution in [0.4, 0.5) is 0 Å². The second-order valence-corrected chi connectivity index (χ2v) is 5.26. The molecule has 0 bridgehead atoms. The topological polar surface area (TPSA) is 41.6 Å². The van der Waals surface area contributed by atoms with E-state index in [1.807, 2.05) is 36.2 Å². The van der Waals surface area contributed by atoms with E-state index in [9.17, 15) is 4.79 Å². The Kier molecular flexibility index (Phi) is 5.87. The summed E-state index contributed by atoms with van der Waals surface area (Å²) in [4.78, 5) is 14.1. The van der Waals surface area contributed by atoms with Crippen LogP contribution in [0.5, 0.6) is 5.75 Å². The molecule has 1 aliphatic rings. The summed E-state index contributed by atoms with van der Waals surface area (Å²) < 4.78 is 5.63. The minimum absolute atomic E-state index is 0.103. The van der Waals surface area contributed by atoms with Crippen molar-refractivity contribution < 1.29 is 9.53 Å². The monoisotopic (exact) mass is 276 g/mol. The van der Waals surface area contributed by atoms with Crippen LogP contribution in [0.3, 0.4) is 0 Å². The molecule has 0 aliphatic carbocycles. The fourth-order valence-corrected chi connectivity index (χ4v) is 2.51. The zero-order chi connectivity index (χ0) is 14.2. The molecule has 1 aliphatic heterocycles. The van der Waals surface area contributed by atoms with Gasteiger partial charge in [0.1, 0.15) is 5.75 Å². The second kappa shape index (κ2) is 7.90. The van der Waals surface area contributed by atoms with Gasteiger partial charge in [-0.05, 0) is 37.6 Å². The van der Waals surface area contributed by atoms with Crippen molar-refractivity contribution in [2.24, 2.45) is 0 Å². The van der Waals surface area contributed by atoms with Gasteiger partial charge in [0.15, 0.2) is 6.61 Å². The van der Waals surface area contributed by atoms with Crippen molar-refractivity contribution in [3.8, 4) is 5.75 Å². The lowest BCUT2D eigenvalue weighted by Gasteiger charge is -2.20. The summed E-state index contributed by atoms with van der Waals surface area (Å²) in [5.74, 6) is 0.867. The third kappa shape index (κ3) is 4.53. The molecule has 20 heavy (non-hydrogen) atoms. The summed E-state index contributed by atoms with van der Waals surface area (Å²) in [6, 6.07) is 7.87. The Balaban J connectivity index is 1.84. The van der Waals surface area contributed by atoms with Gasteiger partial charge in [-0.2, -0.15) is 0 Å². The maximum Gasteiger partial charge on any atom is 0.260 e. The maximum absolute atomic E-state index is 12.1. The van der Waals surface area contributed by atoms with Crippen LogP contribution in [0.2, 0.25) is 0 Å². The highest BCUT2D eigenvalue weighted by Crippen LogP contribution is 2.14. The van der Waals surface area contributed by atoms with Crippen molar-refractivity contribution in [1.82, 2.24) is 10.2 Å². The first-order valence-electron chi connectivity index (χ1n) is 7.44. The summed E-state index contributed by atoms with van der Waals surface area (Å²) in [6.45, 7) is 2.70. The lowest BCUT2D eigenvalue weighted by molar-refractivity contribution is -0.133. The first kappa shape index (κ1) is 14.9. The van der Waals surface area contributed by atoms with Gasteiger partial charge in [-0.3, -0.25) is 4.79 Å². The molecule has 1 fully saturated rings. The summed E-state index contributed by atoms with van der Waals surface area (Å²) in [5, 5.41) is 3.10. The number of carbonyl (C=O) groups is 1. The number of hydrogen-bond donors (Lipinski definition) is 1. The predicted octanol–water partition coefficient (Wildman–Crippen LogP) is 2.19. The quantitative estimate of drug-likeness (QED) is 0.896. The molecular formula is C16H24N2O2. The molecular weight excluding hydrogens is 252 g/mol. The number of benzene rings is 1. The van der Waals surface area contributed by atoms with E-state index >= 15 is 0 Å². The van der Waals surface area contributed by atoms with E-state index in [4.69, 9.17) is 4.74 Å². The Hall–Kier alpha value is -1.55. The molecule has 0 aromatic heterocycles. The van der Waals surface area contributed by atoms with E-state index in [1.54, 1.807) is 0 Å². The van der Waals surface area contributed by atoms with E-state index in [1.165, 1.54) is 12.8 Å². The highest BCUT2D eigenvalue weighted by molar-refractivity contribution is 5.77. The Morgan fingerprint density at radius 2 is 2.00 bits per heavy atom. The van der Waals surface area contributed by atoms with Crippen LogP contribution in [-0.2, 0) is 11.3 Å². The molecule has 0 unspecified atom stereocenters. The largest absolute Gasteiger partial charge is 0.484 e. The Labute approximate surface area is 121 Å². The van der Waals surface area contributed by atoms with Crippen LogP contribution in [0.1, 0.15) is 31.2 Å². The molecule has 1 saturated heterocycles. The van der Waals surface area contributed by atoms with Crippen molar-refractivity contribution in [3.63, 3.8) is 0 Å². The molecule has 1 aromatic carbocycles. The molecule has 1 aromatic rings. The molecule has 1 N–H and O–H groups in total. The van der Waals surface area contributed by atoms with Crippen LogP contribution < -0.4 is 10.1 Å². The van der Waals surface area contributed by atoms with Gasteiger partial charge in [0, 0.05) is 19.6 Å². The summed E-state index contributed by atoms with van der Waals surface area (Å²) in [6.07, 6.45) is 4.69. The van der Waals surface area contributed by atoms with Crippen LogP contribution in [-0.4, -0.2) is 37.6 Å². The van der Waals surface area contributed by atoms with Gasteiger partial charge in [0.05, 0.1) is 0 Å². The predicted molar refractivity (Wildman–Crippen MR) is 79.7 cm³/mol. The average molecular weight is 276 g/mol. The molecule has 0 spiro atoms. The third-order valence-electron chi connectivity index (χ3n) is 3.60. The number of carbonyl (C=O) groups excluding carboxylic acids is 1. The number of ether oxygens (including phenoxy) is 1. The summed E-state index contributed by atoms with van der Waals surface area (Å²) in [7, 11) is 1.91. The SMILES string of the molecule is CNCc1cccc(OCC(=O)N2CCCCCC2)c1. The Bertz CT molecular complexity index is 426. The molecule has 4 heteroatoms. The Morgan fingerprint density at radius 1 is 1.25 bits per heavy atom. The molecule has 110 valence electrons. The van der Waals surface area contributed by atoms with Crippen LogP contribution in [0, 0.1) is 0 Å². The average Bonchev–Trinajstić information content (AvgIpc) is 2.75. The van der Waals surface area contributed by atoms with Crippen molar-refractivity contribution in [1.29, 1.82) is 0 Å². The van der Waals surface area contributed by atoms with Gasteiger partial charge in [-0.15, -0.1) is 0 Å². The van der Waals surface area contributed by atoms with Crippen LogP contribution in [0.25, 0.3) is 0 Å². The van der Waals surface area contributed by atoms with Crippen LogP contribution >= 0.6 is 0 Å². The van der Waals surface area contributed by atoms with Gasteiger partial charge < -0.3 is 15.0 Å². The number of rotatable bonds is 5. The van der Waals surface area contributed by atoms with Crippen molar-refractivity contribution in [3.05, 3.63) is 29.8 Å². The summed E-state index contributed by atoms with van der Waals surface area (Å²) >= 11 is 0. The smallest absolute Gasteiger partial charge is 0.260 e. The molecule has 0 radical (unpaired) electrons. The second-order valence-electron chi connectivity index (χ2n) is 5.26. The van der Waals surface area contributed by atoms with Gasteiger partial charge >= 0.3 is 0 Å². The fourth-order valence-electron chi connectivity index (χ4n) is 2.51. The highest BCUT2D eigenvalue weighted by Gasteiger charge is 2.15. The maximum atomic E-state index is 12.1. The zero-order valence-corrected chi connectivity index (χ0v) is 12.2. The number of likely N-dealkylation sites (tertiary alicyclic amines) is 1. The molecule has 0 saturated carbocycles. The third-order valence-corrected chi connectivity index (χ3v) is 3.60. The van der Waals surface area contributed by atoms with Crippen molar-refractivity contribution >= 4 is 5.91 Å². The number of nitrogens with zero attached hydrogens (tertiary/aromatic N) is 1. The number of hydrogen-bond acceptors (Lipinski definition) is 3. The number of nitrogens with one attached hydrogen (secondary N) is 1. The highest BCUT2D eigenvalue weighted by atomic mass is 16.5. The van der Waals surface area contributed by atoms with E-state index in [0.29, 0.717) is 0 Å². The van der Waals surface area contributed by atoms with Gasteiger partial charge in [0.25, 0.3) is 5.91 Å². The lowest BCUT2D eigenvalue weighted by atomic mass is 10.2. The lowest BCUT2D eigenvalue weighted by Crippen LogP contribution is -2.35. The zero-order valence-electron chi connectivity index (χ0n) is 12.2. The molecule has 4 nitrogen and oxygen atoms in total. The molecule has 1 heterocycles.